The zero-order valence-electron chi connectivity index (χ0n) is 13.6. The van der Waals surface area contributed by atoms with Gasteiger partial charge in [0.2, 0.25) is 5.91 Å². The average molecular weight is 281 g/mol. The summed E-state index contributed by atoms with van der Waals surface area (Å²) in [4.78, 5) is 17.5. The Bertz CT molecular complexity index is 338. The smallest absolute Gasteiger partial charge is 0.230 e. The van der Waals surface area contributed by atoms with Crippen molar-refractivity contribution in [2.24, 2.45) is 17.1 Å². The van der Waals surface area contributed by atoms with Crippen LogP contribution < -0.4 is 5.73 Å². The lowest BCUT2D eigenvalue weighted by molar-refractivity contribution is -0.148. The van der Waals surface area contributed by atoms with E-state index in [9.17, 15) is 4.79 Å². The third kappa shape index (κ3) is 2.86. The number of hydrogen-bond donors (Lipinski definition) is 1. The topological polar surface area (TPSA) is 49.6 Å². The molecular weight excluding hydrogens is 250 g/mol. The molecule has 2 rings (SSSR count). The number of hydrogen-bond acceptors (Lipinski definition) is 3. The van der Waals surface area contributed by atoms with Crippen molar-refractivity contribution in [3.8, 4) is 0 Å². The van der Waals surface area contributed by atoms with Gasteiger partial charge < -0.3 is 10.6 Å². The predicted molar refractivity (Wildman–Crippen MR) is 82.4 cm³/mol. The molecule has 1 aliphatic carbocycles. The maximum absolute atomic E-state index is 13.0. The normalized spacial score (nSPS) is 39.9. The number of amides is 1. The van der Waals surface area contributed by atoms with Crippen LogP contribution in [0.15, 0.2) is 0 Å². The van der Waals surface area contributed by atoms with Crippen molar-refractivity contribution in [2.45, 2.75) is 58.5 Å². The molecule has 0 radical (unpaired) electrons. The van der Waals surface area contributed by atoms with E-state index in [1.807, 2.05) is 0 Å². The van der Waals surface area contributed by atoms with Crippen LogP contribution in [0, 0.1) is 11.3 Å². The standard InChI is InChI=1S/C16H31N3O/c1-12-5-7-16(11-17,8-6-12)15(20)19-9-13(2)18(4)14(3)10-19/h12-14H,5-11,17H2,1-4H3. The fourth-order valence-electron chi connectivity index (χ4n) is 3.73. The van der Waals surface area contributed by atoms with Gasteiger partial charge >= 0.3 is 0 Å². The SMILES string of the molecule is CC1CCC(CN)(C(=O)N2CC(C)N(C)C(C)C2)CC1. The number of nitrogens with two attached hydrogens (primary N) is 1. The first-order valence-corrected chi connectivity index (χ1v) is 8.11. The van der Waals surface area contributed by atoms with E-state index in [1.165, 1.54) is 0 Å². The molecule has 2 fully saturated rings. The van der Waals surface area contributed by atoms with Crippen LogP contribution in [0.5, 0.6) is 0 Å². The highest BCUT2D eigenvalue weighted by Crippen LogP contribution is 2.40. The molecule has 0 aromatic heterocycles. The maximum atomic E-state index is 13.0. The summed E-state index contributed by atoms with van der Waals surface area (Å²) in [6, 6.07) is 0.861. The lowest BCUT2D eigenvalue weighted by Gasteiger charge is -2.47. The van der Waals surface area contributed by atoms with Gasteiger partial charge in [-0.15, -0.1) is 0 Å². The second-order valence-corrected chi connectivity index (χ2v) is 7.24. The van der Waals surface area contributed by atoms with Gasteiger partial charge in [0.05, 0.1) is 5.41 Å². The Morgan fingerprint density at radius 1 is 1.15 bits per heavy atom. The van der Waals surface area contributed by atoms with E-state index in [1.54, 1.807) is 0 Å². The van der Waals surface area contributed by atoms with E-state index in [0.717, 1.165) is 44.7 Å². The molecule has 4 nitrogen and oxygen atoms in total. The lowest BCUT2D eigenvalue weighted by atomic mass is 9.70. The van der Waals surface area contributed by atoms with Crippen molar-refractivity contribution in [1.29, 1.82) is 0 Å². The molecule has 4 heteroatoms. The monoisotopic (exact) mass is 281 g/mol. The maximum Gasteiger partial charge on any atom is 0.230 e. The van der Waals surface area contributed by atoms with Crippen molar-refractivity contribution in [3.05, 3.63) is 0 Å². The molecule has 116 valence electrons. The zero-order chi connectivity index (χ0) is 14.9. The first-order valence-electron chi connectivity index (χ1n) is 8.11. The number of likely N-dealkylation sites (N-methyl/N-ethyl adjacent to an activating group) is 1. The molecule has 0 bridgehead atoms. The highest BCUT2D eigenvalue weighted by Gasteiger charge is 2.44. The largest absolute Gasteiger partial charge is 0.339 e. The summed E-state index contributed by atoms with van der Waals surface area (Å²) in [5.41, 5.74) is 5.75. The van der Waals surface area contributed by atoms with Crippen molar-refractivity contribution in [2.75, 3.05) is 26.7 Å². The summed E-state index contributed by atoms with van der Waals surface area (Å²) in [5, 5.41) is 0. The van der Waals surface area contributed by atoms with Crippen LogP contribution in [0.2, 0.25) is 0 Å². The Balaban J connectivity index is 2.09. The molecule has 1 aliphatic heterocycles. The third-order valence-corrected chi connectivity index (χ3v) is 5.72. The molecule has 1 amide bonds. The number of carbonyl (C=O) groups excluding carboxylic acids is 1. The Morgan fingerprint density at radius 3 is 2.10 bits per heavy atom. The van der Waals surface area contributed by atoms with E-state index in [-0.39, 0.29) is 5.41 Å². The van der Waals surface area contributed by atoms with Gasteiger partial charge in [-0.3, -0.25) is 9.69 Å². The van der Waals surface area contributed by atoms with Crippen molar-refractivity contribution < 1.29 is 4.79 Å². The van der Waals surface area contributed by atoms with Crippen LogP contribution in [0.25, 0.3) is 0 Å². The van der Waals surface area contributed by atoms with Crippen LogP contribution in [0.3, 0.4) is 0 Å². The molecule has 20 heavy (non-hydrogen) atoms. The van der Waals surface area contributed by atoms with Gasteiger partial charge in [0.25, 0.3) is 0 Å². The lowest BCUT2D eigenvalue weighted by Crippen LogP contribution is -2.60. The average Bonchev–Trinajstić information content (AvgIpc) is 2.45. The van der Waals surface area contributed by atoms with Gasteiger partial charge in [-0.2, -0.15) is 0 Å². The fraction of sp³-hybridized carbons (Fsp3) is 0.938. The van der Waals surface area contributed by atoms with E-state index in [0.29, 0.717) is 24.5 Å². The number of rotatable bonds is 2. The van der Waals surface area contributed by atoms with Gasteiger partial charge in [0.15, 0.2) is 0 Å². The summed E-state index contributed by atoms with van der Waals surface area (Å²) >= 11 is 0. The van der Waals surface area contributed by atoms with Gasteiger partial charge in [-0.1, -0.05) is 6.92 Å². The molecule has 1 saturated heterocycles. The van der Waals surface area contributed by atoms with Crippen molar-refractivity contribution >= 4 is 5.91 Å². The second-order valence-electron chi connectivity index (χ2n) is 7.24. The molecule has 0 aromatic rings. The minimum absolute atomic E-state index is 0.276. The van der Waals surface area contributed by atoms with Crippen LogP contribution in [0.1, 0.15) is 46.5 Å². The van der Waals surface area contributed by atoms with Crippen molar-refractivity contribution in [1.82, 2.24) is 9.80 Å². The molecule has 2 atom stereocenters. The summed E-state index contributed by atoms with van der Waals surface area (Å²) in [6.45, 7) is 8.88. The van der Waals surface area contributed by atoms with E-state index >= 15 is 0 Å². The molecule has 0 spiro atoms. The highest BCUT2D eigenvalue weighted by molar-refractivity contribution is 5.83. The minimum atomic E-state index is -0.276. The van der Waals surface area contributed by atoms with Crippen LogP contribution >= 0.6 is 0 Å². The predicted octanol–water partition coefficient (Wildman–Crippen LogP) is 1.69. The van der Waals surface area contributed by atoms with Crippen LogP contribution in [-0.2, 0) is 4.79 Å². The summed E-state index contributed by atoms with van der Waals surface area (Å²) < 4.78 is 0. The zero-order valence-corrected chi connectivity index (χ0v) is 13.6. The Hall–Kier alpha value is -0.610. The molecule has 1 saturated carbocycles. The number of nitrogens with zero attached hydrogens (tertiary/aromatic N) is 2. The van der Waals surface area contributed by atoms with Crippen LogP contribution in [0.4, 0.5) is 0 Å². The van der Waals surface area contributed by atoms with Gasteiger partial charge in [-0.25, -0.2) is 0 Å². The van der Waals surface area contributed by atoms with Crippen LogP contribution in [-0.4, -0.2) is 54.5 Å². The second kappa shape index (κ2) is 6.02. The number of carbonyl (C=O) groups is 1. The fourth-order valence-corrected chi connectivity index (χ4v) is 3.73. The first kappa shape index (κ1) is 15.8. The summed E-state index contributed by atoms with van der Waals surface area (Å²) in [6.07, 6.45) is 4.22. The first-order chi connectivity index (χ1) is 9.39. The molecule has 0 aromatic carbocycles. The summed E-state index contributed by atoms with van der Waals surface area (Å²) in [7, 11) is 2.15. The Labute approximate surface area is 123 Å². The Kier molecular flexibility index (Phi) is 4.75. The van der Waals surface area contributed by atoms with E-state index in [2.05, 4.69) is 37.6 Å². The Morgan fingerprint density at radius 2 is 1.65 bits per heavy atom. The van der Waals surface area contributed by atoms with Gasteiger partial charge in [-0.05, 0) is 52.5 Å². The molecule has 2 unspecified atom stereocenters. The highest BCUT2D eigenvalue weighted by atomic mass is 16.2. The molecule has 1 heterocycles. The molecule has 2 aliphatic rings. The van der Waals surface area contributed by atoms with Gasteiger partial charge in [0.1, 0.15) is 0 Å². The number of piperazine rings is 1. The molecule has 2 N–H and O–H groups in total. The molecular formula is C16H31N3O. The van der Waals surface area contributed by atoms with Gasteiger partial charge in [0, 0.05) is 31.7 Å². The van der Waals surface area contributed by atoms with E-state index < -0.39 is 0 Å². The van der Waals surface area contributed by atoms with Crippen molar-refractivity contribution in [3.63, 3.8) is 0 Å². The third-order valence-electron chi connectivity index (χ3n) is 5.72. The quantitative estimate of drug-likeness (QED) is 0.838. The van der Waals surface area contributed by atoms with E-state index in [4.69, 9.17) is 5.73 Å². The summed E-state index contributed by atoms with van der Waals surface area (Å²) in [5.74, 6) is 1.06. The minimum Gasteiger partial charge on any atom is -0.339 e.